The molecule has 3 aromatic heterocycles. The highest BCUT2D eigenvalue weighted by Gasteiger charge is 2.20. The first-order valence-corrected chi connectivity index (χ1v) is 25.9. The van der Waals surface area contributed by atoms with Gasteiger partial charge in [-0.2, -0.15) is 0 Å². The number of hydrogen-bond acceptors (Lipinski definition) is 0. The maximum atomic E-state index is 2.44. The molecule has 8 aromatic carbocycles. The molecule has 11 rings (SSSR count). The minimum absolute atomic E-state index is 0.909. The lowest BCUT2D eigenvalue weighted by atomic mass is 9.87. The first-order valence-electron chi connectivity index (χ1n) is 25.9. The van der Waals surface area contributed by atoms with Crippen LogP contribution in [0.3, 0.4) is 0 Å². The Morgan fingerprint density at radius 2 is 0.649 bits per heavy atom. The zero-order valence-electron chi connectivity index (χ0n) is 43.3. The number of aryl methyl sites for hydroxylation is 8. The van der Waals surface area contributed by atoms with E-state index in [1.165, 1.54) is 128 Å². The quantitative estimate of drug-likeness (QED) is 0.108. The molecule has 11 aromatic rings. The summed E-state index contributed by atoms with van der Waals surface area (Å²) in [5, 5.41) is 0. The predicted octanol–water partition coefficient (Wildman–Crippen LogP) is 15.9. The van der Waals surface area contributed by atoms with E-state index in [9.17, 15) is 0 Å². The van der Waals surface area contributed by atoms with Crippen LogP contribution in [-0.4, -0.2) is 0 Å². The Hall–Kier alpha value is -8.79. The lowest BCUT2D eigenvalue weighted by Crippen LogP contribution is -2.30. The Labute approximate surface area is 437 Å². The van der Waals surface area contributed by atoms with Crippen LogP contribution < -0.4 is 13.7 Å². The van der Waals surface area contributed by atoms with Gasteiger partial charge in [-0.3, -0.25) is 0 Å². The molecule has 74 heavy (non-hydrogen) atoms. The first kappa shape index (κ1) is 47.5. The topological polar surface area (TPSA) is 11.6 Å². The third-order valence-electron chi connectivity index (χ3n) is 14.9. The summed E-state index contributed by atoms with van der Waals surface area (Å²) in [6.07, 6.45) is 8.26. The molecule has 0 N–H and O–H groups in total. The van der Waals surface area contributed by atoms with Crippen molar-refractivity contribution in [3.63, 3.8) is 0 Å². The van der Waals surface area contributed by atoms with Crippen molar-refractivity contribution in [1.82, 2.24) is 0 Å². The zero-order valence-corrected chi connectivity index (χ0v) is 43.3. The van der Waals surface area contributed by atoms with E-state index in [4.69, 9.17) is 0 Å². The standard InChI is InChI=1S/C71H62N3/c1-49-42-52(28-35-62(49)69-24-14-16-39-72(69)4)26-27-53-45-60(67-22-12-10-20-65(67)58-33-36-63(50(2)43-58)70-25-15-17-40-73(70)5)47-61(46-53)68-23-13-11-21-66(68)59-34-37-64(51(3)44-59)71-48-57(38-41-74(71)6)56-31-29-55(30-32-56)54-18-8-7-9-19-54/h7-25,28-48H,26-27H2,1-6H3/q+3. The average molecular weight is 957 g/mol. The molecular weight excluding hydrogens is 895 g/mol. The van der Waals surface area contributed by atoms with E-state index in [0.717, 1.165) is 12.8 Å². The van der Waals surface area contributed by atoms with Crippen LogP contribution >= 0.6 is 0 Å². The largest absolute Gasteiger partial charge is 0.213 e. The SMILES string of the molecule is Cc1cc(CCc2cc(-c3ccccc3-c3ccc(-c4cccc[n+]4C)c(C)c3)cc(-c3ccccc3-c3ccc(-c4cc(-c5ccc(-c6ccccc6)cc5)cc[n+]4C)c(C)c3)c2)ccc1-c1cccc[n+]1C. The molecular formula is C71H62N3+3. The maximum Gasteiger partial charge on any atom is 0.213 e. The number of nitrogens with zero attached hydrogens (tertiary/aromatic N) is 3. The molecule has 0 aliphatic carbocycles. The normalized spacial score (nSPS) is 11.2. The fourth-order valence-electron chi connectivity index (χ4n) is 10.9. The van der Waals surface area contributed by atoms with Crippen molar-refractivity contribution < 1.29 is 13.7 Å². The van der Waals surface area contributed by atoms with Gasteiger partial charge in [-0.25, -0.2) is 13.7 Å². The molecule has 0 amide bonds. The van der Waals surface area contributed by atoms with E-state index in [2.05, 4.69) is 299 Å². The fraction of sp³-hybridized carbons (Fsp3) is 0.113. The summed E-state index contributed by atoms with van der Waals surface area (Å²) in [6, 6.07) is 83.0. The number of hydrogen-bond donors (Lipinski definition) is 0. The van der Waals surface area contributed by atoms with Crippen LogP contribution in [0, 0.1) is 20.8 Å². The van der Waals surface area contributed by atoms with Gasteiger partial charge in [0, 0.05) is 53.1 Å². The fourth-order valence-corrected chi connectivity index (χ4v) is 10.9. The van der Waals surface area contributed by atoms with Crippen molar-refractivity contribution in [1.29, 1.82) is 0 Å². The van der Waals surface area contributed by atoms with E-state index in [0.29, 0.717) is 0 Å². The summed E-state index contributed by atoms with van der Waals surface area (Å²) >= 11 is 0. The first-order chi connectivity index (χ1) is 36.1. The Bertz CT molecular complexity index is 3850. The molecule has 3 heteroatoms. The molecule has 0 saturated heterocycles. The van der Waals surface area contributed by atoms with Crippen LogP contribution in [0.15, 0.2) is 243 Å². The van der Waals surface area contributed by atoms with Gasteiger partial charge in [-0.15, -0.1) is 0 Å². The molecule has 0 fully saturated rings. The summed E-state index contributed by atoms with van der Waals surface area (Å²) in [7, 11) is 6.38. The Kier molecular flexibility index (Phi) is 13.3. The molecule has 0 radical (unpaired) electrons. The van der Waals surface area contributed by atoms with Crippen LogP contribution in [-0.2, 0) is 34.0 Å². The molecule has 3 nitrogen and oxygen atoms in total. The van der Waals surface area contributed by atoms with Gasteiger partial charge in [-0.05, 0) is 165 Å². The second-order valence-electron chi connectivity index (χ2n) is 20.0. The highest BCUT2D eigenvalue weighted by molar-refractivity contribution is 5.90. The molecule has 0 aliphatic rings. The highest BCUT2D eigenvalue weighted by atomic mass is 14.9. The summed E-state index contributed by atoms with van der Waals surface area (Å²) in [5.74, 6) is 0. The second-order valence-corrected chi connectivity index (χ2v) is 20.0. The van der Waals surface area contributed by atoms with Gasteiger partial charge in [0.25, 0.3) is 0 Å². The molecule has 0 spiro atoms. The number of aromatic nitrogens is 3. The van der Waals surface area contributed by atoms with Crippen molar-refractivity contribution in [2.45, 2.75) is 33.6 Å². The van der Waals surface area contributed by atoms with Crippen LogP contribution in [0.4, 0.5) is 0 Å². The maximum absolute atomic E-state index is 2.44. The van der Waals surface area contributed by atoms with Gasteiger partial charge in [0.2, 0.25) is 17.1 Å². The van der Waals surface area contributed by atoms with Crippen molar-refractivity contribution >= 4 is 0 Å². The Morgan fingerprint density at radius 1 is 0.243 bits per heavy atom. The van der Waals surface area contributed by atoms with E-state index in [1.54, 1.807) is 0 Å². The summed E-state index contributed by atoms with van der Waals surface area (Å²) in [5.41, 5.74) is 28.4. The monoisotopic (exact) mass is 956 g/mol. The predicted molar refractivity (Wildman–Crippen MR) is 307 cm³/mol. The smallest absolute Gasteiger partial charge is 0.201 e. The van der Waals surface area contributed by atoms with Crippen molar-refractivity contribution in [2.24, 2.45) is 21.1 Å². The van der Waals surface area contributed by atoms with E-state index >= 15 is 0 Å². The lowest BCUT2D eigenvalue weighted by molar-refractivity contribution is -0.660. The van der Waals surface area contributed by atoms with Crippen LogP contribution in [0.2, 0.25) is 0 Å². The third kappa shape index (κ3) is 9.77. The summed E-state index contributed by atoms with van der Waals surface area (Å²) in [4.78, 5) is 0. The van der Waals surface area contributed by atoms with E-state index < -0.39 is 0 Å². The molecule has 0 saturated carbocycles. The molecule has 358 valence electrons. The van der Waals surface area contributed by atoms with Gasteiger partial charge >= 0.3 is 0 Å². The molecule has 0 bridgehead atoms. The number of benzene rings is 8. The Balaban J connectivity index is 0.961. The van der Waals surface area contributed by atoms with E-state index in [1.807, 2.05) is 0 Å². The van der Waals surface area contributed by atoms with Gasteiger partial charge in [0.1, 0.15) is 21.1 Å². The van der Waals surface area contributed by atoms with Crippen LogP contribution in [0.25, 0.3) is 101 Å². The van der Waals surface area contributed by atoms with Crippen molar-refractivity contribution in [2.75, 3.05) is 0 Å². The van der Waals surface area contributed by atoms with Gasteiger partial charge in [0.05, 0.1) is 0 Å². The molecule has 0 unspecified atom stereocenters. The van der Waals surface area contributed by atoms with Gasteiger partial charge in [0.15, 0.2) is 18.6 Å². The summed E-state index contributed by atoms with van der Waals surface area (Å²) < 4.78 is 6.63. The summed E-state index contributed by atoms with van der Waals surface area (Å²) in [6.45, 7) is 6.72. The van der Waals surface area contributed by atoms with Gasteiger partial charge in [-0.1, -0.05) is 152 Å². The minimum Gasteiger partial charge on any atom is -0.201 e. The number of rotatable bonds is 12. The van der Waals surface area contributed by atoms with E-state index in [-0.39, 0.29) is 0 Å². The Morgan fingerprint density at radius 3 is 1.16 bits per heavy atom. The van der Waals surface area contributed by atoms with Crippen molar-refractivity contribution in [3.05, 3.63) is 271 Å². The van der Waals surface area contributed by atoms with Crippen molar-refractivity contribution in [3.8, 4) is 101 Å². The number of pyridine rings is 3. The molecule has 0 aliphatic heterocycles. The minimum atomic E-state index is 0.909. The molecule has 3 heterocycles. The highest BCUT2D eigenvalue weighted by Crippen LogP contribution is 2.40. The lowest BCUT2D eigenvalue weighted by Gasteiger charge is -2.17. The van der Waals surface area contributed by atoms with Crippen LogP contribution in [0.5, 0.6) is 0 Å². The van der Waals surface area contributed by atoms with Crippen LogP contribution in [0.1, 0.15) is 27.8 Å². The third-order valence-corrected chi connectivity index (χ3v) is 14.9. The zero-order chi connectivity index (χ0) is 50.7. The second kappa shape index (κ2) is 20.7. The average Bonchev–Trinajstić information content (AvgIpc) is 3.44. The molecule has 0 atom stereocenters. The van der Waals surface area contributed by atoms with Gasteiger partial charge < -0.3 is 0 Å².